The fraction of sp³-hybridized carbons (Fsp3) is 0.449. The molecule has 7 N–H and O–H groups in total. The van der Waals surface area contributed by atoms with E-state index in [1.165, 1.54) is 32.6 Å². The third-order valence-electron chi connectivity index (χ3n) is 21.0. The molecule has 0 aromatic heterocycles. The Hall–Kier alpha value is -12.1. The predicted octanol–water partition coefficient (Wildman–Crippen LogP) is 10.8. The first-order valence-electron chi connectivity index (χ1n) is 40.2. The lowest BCUT2D eigenvalue weighted by Gasteiger charge is -2.24. The van der Waals surface area contributed by atoms with Gasteiger partial charge in [-0.1, -0.05) is 222 Å². The van der Waals surface area contributed by atoms with Crippen LogP contribution < -0.4 is 31.7 Å². The SMILES string of the molecule is CC1CCCO1.CC[C@@H]1[C@@H]([N+](=O)[O-])[C@H](Cc2ccccc2)C(=O)N1Cc1ccc(OC)cc1.CC[C@H]1NC(=O)[C@@H](Cc2ccccc2)[C@@H]1N.CC[C@H]1NC(=O)[C@@H](Cc2ccccc2)[C@@H]1NC(=O)OCc1ccccc1.CC[C@H]1NC(=O)[C@@H](Cc2ccccc2)[C@@H]1[N+](=O)[O-].CO.COC(=O)C(Cc1ccccc1)C[N+](=O)[O-].COC(=O)CC[N+](=O)[O-]. The van der Waals surface area contributed by atoms with Crippen LogP contribution in [0.25, 0.3) is 0 Å². The lowest BCUT2D eigenvalue weighted by molar-refractivity contribution is -0.531. The lowest BCUT2D eigenvalue weighted by atomic mass is 9.90. The number of aliphatic hydroxyl groups is 1. The van der Waals surface area contributed by atoms with Gasteiger partial charge >= 0.3 is 18.0 Å². The number of rotatable bonds is 28. The number of benzene rings is 7. The van der Waals surface area contributed by atoms with Crippen molar-refractivity contribution in [2.75, 3.05) is 48.1 Å². The molecule has 2 unspecified atom stereocenters. The summed E-state index contributed by atoms with van der Waals surface area (Å²) in [5.41, 5.74) is 13.0. The van der Waals surface area contributed by atoms with E-state index in [1.54, 1.807) is 12.0 Å². The molecule has 7 aromatic carbocycles. The maximum Gasteiger partial charge on any atom is 0.407 e. The van der Waals surface area contributed by atoms with Gasteiger partial charge in [-0.15, -0.1) is 0 Å². The Balaban J connectivity index is 0.000000258. The molecule has 648 valence electrons. The van der Waals surface area contributed by atoms with Crippen molar-refractivity contribution < 1.29 is 82.0 Å². The van der Waals surface area contributed by atoms with Crippen LogP contribution in [-0.2, 0) is 93.0 Å². The van der Waals surface area contributed by atoms with Gasteiger partial charge < -0.3 is 60.7 Å². The summed E-state index contributed by atoms with van der Waals surface area (Å²) < 4.78 is 24.3. The molecule has 31 nitrogen and oxygen atoms in total. The number of esters is 2. The maximum atomic E-state index is 13.1. The number of hydrogen-bond donors (Lipinski definition) is 6. The van der Waals surface area contributed by atoms with Crippen LogP contribution in [-0.4, -0.2) is 174 Å². The lowest BCUT2D eigenvalue weighted by Crippen LogP contribution is -2.46. The number of ether oxygens (including phenoxy) is 5. The Bertz CT molecular complexity index is 4260. The number of alkyl carbamates (subject to hydrolysis) is 1. The number of nitro groups is 4. The van der Waals surface area contributed by atoms with E-state index in [1.807, 2.05) is 227 Å². The number of amides is 5. The second-order valence-electron chi connectivity index (χ2n) is 29.0. The fourth-order valence-corrected chi connectivity index (χ4v) is 14.6. The molecular weight excluding hydrogens is 1550 g/mol. The maximum absolute atomic E-state index is 13.1. The largest absolute Gasteiger partial charge is 0.497 e. The van der Waals surface area contributed by atoms with Crippen molar-refractivity contribution in [2.45, 2.75) is 179 Å². The molecule has 5 amide bonds. The second kappa shape index (κ2) is 53.4. The minimum Gasteiger partial charge on any atom is -0.497 e. The third kappa shape index (κ3) is 32.7. The Morgan fingerprint density at radius 2 is 0.967 bits per heavy atom. The van der Waals surface area contributed by atoms with Gasteiger partial charge in [0.2, 0.25) is 48.8 Å². The van der Waals surface area contributed by atoms with Crippen molar-refractivity contribution in [3.05, 3.63) is 286 Å². The quantitative estimate of drug-likeness (QED) is 0.0115. The van der Waals surface area contributed by atoms with Crippen LogP contribution in [0.2, 0.25) is 0 Å². The van der Waals surface area contributed by atoms with E-state index in [0.29, 0.717) is 51.2 Å². The van der Waals surface area contributed by atoms with Gasteiger partial charge in [-0.3, -0.25) is 69.2 Å². The molecule has 31 heteroatoms. The topological polar surface area (TPSA) is 436 Å². The van der Waals surface area contributed by atoms with Crippen molar-refractivity contribution in [1.29, 1.82) is 0 Å². The van der Waals surface area contributed by atoms with Gasteiger partial charge in [0.1, 0.15) is 36.5 Å². The molecule has 5 heterocycles. The fourth-order valence-electron chi connectivity index (χ4n) is 14.6. The standard InChI is InChI=1S/C21H24N2O4.C21H24N2O3.C13H16N2O3.C13H18N2O.C11H13NO4.C5H10O.C4H7NO4.CH4O/c1-3-19-20(23(25)26)18(13-15-7-5-4-6-8-15)21(24)22(19)14-16-9-11-17(27-2)12-10-16;1-2-18-19(23-21(25)26-14-16-11-7-4-8-12-16)17(20(24)22-18)13-15-9-5-3-6-10-15;1-2-11-12(15(17)18)10(13(16)14-11)8-9-6-4-3-5-7-9;1-2-11-12(14)10(13(16)15-11)8-9-6-4-3-5-7-9;1-16-11(13)10(8-12(14)15)7-9-5-3-2-4-6-9;1-5-3-2-4-6-5;1-9-4(6)2-3-5(7)8;1-2/h4-12,18-20H,3,13-14H2,1-2H3;3-12,17-19H,2,13-14H2,1H3,(H,22,24)(H,23,25);3-7,10-12H,2,8H2,1H3,(H,14,16);3-7,10-12H,2,8,14H2,1H3,(H,15,16);2-6,10H,7-8H2,1H3;5H,2-4H2,1H3;2-3H2,1H3;2H,1H3/t18-,19+,20-;17-,18+,19-;2*10-,11+,12-;;;;/m0000..../s1. The Morgan fingerprint density at radius 3 is 1.37 bits per heavy atom. The number of carbonyl (C=O) groups is 7. The minimum absolute atomic E-state index is 0.0194. The number of hydrogen-bond acceptors (Lipinski definition) is 22. The van der Waals surface area contributed by atoms with Gasteiger partial charge in [0.25, 0.3) is 0 Å². The highest BCUT2D eigenvalue weighted by molar-refractivity contribution is 5.85. The second-order valence-corrected chi connectivity index (χ2v) is 29.0. The summed E-state index contributed by atoms with van der Waals surface area (Å²) in [5, 5.41) is 61.6. The Kier molecular flexibility index (Phi) is 43.8. The minimum atomic E-state index is -0.888. The molecule has 5 aliphatic rings. The molecule has 5 aliphatic heterocycles. The normalized spacial score (nSPS) is 21.6. The molecule has 0 aliphatic carbocycles. The highest BCUT2D eigenvalue weighted by Gasteiger charge is 2.54. The molecule has 5 fully saturated rings. The van der Waals surface area contributed by atoms with E-state index in [9.17, 15) is 74.0 Å². The van der Waals surface area contributed by atoms with Gasteiger partial charge in [-0.05, 0) is 129 Å². The first kappa shape index (κ1) is 98.5. The van der Waals surface area contributed by atoms with Crippen LogP contribution in [0.4, 0.5) is 4.79 Å². The van der Waals surface area contributed by atoms with Crippen molar-refractivity contribution in [2.24, 2.45) is 35.3 Å². The summed E-state index contributed by atoms with van der Waals surface area (Å²) in [7, 11) is 5.03. The van der Waals surface area contributed by atoms with Crippen LogP contribution in [0.1, 0.15) is 119 Å². The van der Waals surface area contributed by atoms with E-state index < -0.39 is 70.3 Å². The van der Waals surface area contributed by atoms with Crippen LogP contribution in [0.15, 0.2) is 206 Å². The van der Waals surface area contributed by atoms with Crippen molar-refractivity contribution in [3.63, 3.8) is 0 Å². The van der Waals surface area contributed by atoms with E-state index in [-0.39, 0.29) is 95.1 Å². The highest BCUT2D eigenvalue weighted by Crippen LogP contribution is 2.34. The number of methoxy groups -OCH3 is 3. The van der Waals surface area contributed by atoms with E-state index in [4.69, 9.17) is 25.1 Å². The van der Waals surface area contributed by atoms with Gasteiger partial charge in [0, 0.05) is 58.1 Å². The zero-order valence-corrected chi connectivity index (χ0v) is 69.7. The number of nitrogens with one attached hydrogen (secondary N) is 4. The summed E-state index contributed by atoms with van der Waals surface area (Å²) in [6.07, 6.45) is 7.70. The van der Waals surface area contributed by atoms with Gasteiger partial charge in [-0.25, -0.2) is 4.79 Å². The van der Waals surface area contributed by atoms with Crippen LogP contribution in [0, 0.1) is 70.0 Å². The molecule has 12 rings (SSSR count). The number of likely N-dealkylation sites (tertiary alicyclic amines) is 1. The van der Waals surface area contributed by atoms with Gasteiger partial charge in [-0.2, -0.15) is 0 Å². The van der Waals surface area contributed by atoms with E-state index in [0.717, 1.165) is 72.1 Å². The average molecular weight is 1660 g/mol. The average Bonchev–Trinajstić information content (AvgIpc) is 1.62. The number of nitrogens with zero attached hydrogens (tertiary/aromatic N) is 5. The zero-order chi connectivity index (χ0) is 88.1. The Morgan fingerprint density at radius 1 is 0.533 bits per heavy atom. The Labute approximate surface area is 700 Å². The number of nitrogens with two attached hydrogens (primary N) is 1. The van der Waals surface area contributed by atoms with Crippen LogP contribution in [0.3, 0.4) is 0 Å². The van der Waals surface area contributed by atoms with Gasteiger partial charge in [0.05, 0.1) is 57.4 Å². The van der Waals surface area contributed by atoms with Crippen molar-refractivity contribution in [1.82, 2.24) is 26.2 Å². The van der Waals surface area contributed by atoms with E-state index >= 15 is 0 Å². The van der Waals surface area contributed by atoms with Crippen molar-refractivity contribution in [3.8, 4) is 5.75 Å². The first-order valence-corrected chi connectivity index (χ1v) is 40.2. The highest BCUT2D eigenvalue weighted by atomic mass is 16.6. The summed E-state index contributed by atoms with van der Waals surface area (Å²) in [5.74, 6) is -2.90. The summed E-state index contributed by atoms with van der Waals surface area (Å²) in [6.45, 7) is 10.7. The monoisotopic (exact) mass is 1660 g/mol. The molecule has 0 radical (unpaired) electrons. The summed E-state index contributed by atoms with van der Waals surface area (Å²) in [4.78, 5) is 126. The van der Waals surface area contributed by atoms with Crippen molar-refractivity contribution >= 4 is 41.7 Å². The predicted molar refractivity (Wildman–Crippen MR) is 451 cm³/mol. The molecule has 14 atom stereocenters. The molecule has 5 saturated heterocycles. The van der Waals surface area contributed by atoms with Crippen LogP contribution in [0.5, 0.6) is 5.75 Å². The molecular formula is C89H116N10O21. The molecule has 0 spiro atoms. The molecule has 0 saturated carbocycles. The van der Waals surface area contributed by atoms with Gasteiger partial charge in [0.15, 0.2) is 0 Å². The molecule has 120 heavy (non-hydrogen) atoms. The van der Waals surface area contributed by atoms with E-state index in [2.05, 4.69) is 44.6 Å². The third-order valence-corrected chi connectivity index (χ3v) is 21.0. The zero-order valence-electron chi connectivity index (χ0n) is 69.7. The first-order chi connectivity index (χ1) is 57.8. The summed E-state index contributed by atoms with van der Waals surface area (Å²) in [6, 6.07) is 62.3. The van der Waals surface area contributed by atoms with Crippen LogP contribution >= 0.6 is 0 Å². The molecule has 0 bridgehead atoms. The smallest absolute Gasteiger partial charge is 0.407 e. The summed E-state index contributed by atoms with van der Waals surface area (Å²) >= 11 is 0. The molecule has 7 aromatic rings. The number of carbonyl (C=O) groups excluding carboxylic acids is 7. The number of aliphatic hydroxyl groups excluding tert-OH is 1.